The number of carbonyl (C=O) groups excluding carboxylic acids is 3. The number of hydrogen-bond acceptors (Lipinski definition) is 9. The molecule has 41 heavy (non-hydrogen) atoms. The zero-order chi connectivity index (χ0) is 29.4. The molecule has 1 aliphatic carbocycles. The number of carbonyl (C=O) groups is 3. The molecule has 2 aromatic rings. The minimum atomic E-state index is -0.937. The van der Waals surface area contributed by atoms with Gasteiger partial charge < -0.3 is 29.0 Å². The predicted molar refractivity (Wildman–Crippen MR) is 145 cm³/mol. The molecular weight excluding hydrogens is 535 g/mol. The van der Waals surface area contributed by atoms with Crippen LogP contribution >= 0.6 is 0 Å². The first kappa shape index (κ1) is 30.2. The maximum atomic E-state index is 13.5. The first-order valence-corrected chi connectivity index (χ1v) is 13.9. The Bertz CT molecular complexity index is 1200. The second-order valence-corrected chi connectivity index (χ2v) is 10.5. The number of pyridine rings is 1. The van der Waals surface area contributed by atoms with Crippen LogP contribution in [0.4, 0.5) is 4.39 Å². The zero-order valence-electron chi connectivity index (χ0n) is 23.6. The monoisotopic (exact) mass is 572 g/mol. The van der Waals surface area contributed by atoms with Crippen LogP contribution in [0.2, 0.25) is 0 Å². The molecule has 0 bridgehead atoms. The van der Waals surface area contributed by atoms with E-state index >= 15 is 0 Å². The molecule has 222 valence electrons. The second-order valence-electron chi connectivity index (χ2n) is 10.5. The van der Waals surface area contributed by atoms with Crippen LogP contribution in [-0.4, -0.2) is 61.6 Å². The van der Waals surface area contributed by atoms with Crippen molar-refractivity contribution in [3.05, 3.63) is 53.6 Å². The number of esters is 2. The lowest BCUT2D eigenvalue weighted by atomic mass is 9.87. The van der Waals surface area contributed by atoms with Crippen molar-refractivity contribution in [3.8, 4) is 11.5 Å². The van der Waals surface area contributed by atoms with E-state index in [4.69, 9.17) is 23.7 Å². The Kier molecular flexibility index (Phi) is 10.5. The topological polar surface area (TPSA) is 122 Å². The minimum absolute atomic E-state index is 0.0218. The van der Waals surface area contributed by atoms with Gasteiger partial charge in [0, 0.05) is 31.7 Å². The lowest BCUT2D eigenvalue weighted by Gasteiger charge is -2.31. The van der Waals surface area contributed by atoms with E-state index in [1.165, 1.54) is 38.4 Å². The van der Waals surface area contributed by atoms with E-state index in [9.17, 15) is 18.8 Å². The fourth-order valence-corrected chi connectivity index (χ4v) is 4.87. The summed E-state index contributed by atoms with van der Waals surface area (Å²) in [4.78, 5) is 41.9. The van der Waals surface area contributed by atoms with Crippen molar-refractivity contribution in [1.82, 2.24) is 10.3 Å². The number of hydrogen-bond donors (Lipinski definition) is 1. The number of benzene rings is 1. The van der Waals surface area contributed by atoms with Gasteiger partial charge in [-0.3, -0.25) is 9.59 Å². The number of nitrogens with zero attached hydrogens (tertiary/aromatic N) is 1. The van der Waals surface area contributed by atoms with E-state index in [1.54, 1.807) is 12.1 Å². The summed E-state index contributed by atoms with van der Waals surface area (Å²) in [6, 6.07) is 6.87. The Labute approximate surface area is 238 Å². The van der Waals surface area contributed by atoms with Gasteiger partial charge in [0.05, 0.1) is 13.2 Å². The average molecular weight is 573 g/mol. The van der Waals surface area contributed by atoms with E-state index in [0.717, 1.165) is 18.4 Å². The smallest absolute Gasteiger partial charge is 0.328 e. The number of methoxy groups -OCH3 is 1. The van der Waals surface area contributed by atoms with Crippen LogP contribution in [0.25, 0.3) is 0 Å². The highest BCUT2D eigenvalue weighted by molar-refractivity contribution is 5.98. The van der Waals surface area contributed by atoms with Crippen molar-refractivity contribution < 1.29 is 42.5 Å². The van der Waals surface area contributed by atoms with Crippen LogP contribution in [0.15, 0.2) is 36.5 Å². The van der Waals surface area contributed by atoms with Gasteiger partial charge in [0.1, 0.15) is 18.0 Å². The molecule has 2 fully saturated rings. The summed E-state index contributed by atoms with van der Waals surface area (Å²) in [7, 11) is 1.40. The van der Waals surface area contributed by atoms with Crippen LogP contribution in [0.3, 0.4) is 0 Å². The molecule has 4 rings (SSSR count). The van der Waals surface area contributed by atoms with E-state index in [1.807, 2.05) is 6.92 Å². The van der Waals surface area contributed by atoms with Gasteiger partial charge >= 0.3 is 11.9 Å². The Morgan fingerprint density at radius 3 is 2.56 bits per heavy atom. The Morgan fingerprint density at radius 2 is 1.88 bits per heavy atom. The number of rotatable bonds is 11. The summed E-state index contributed by atoms with van der Waals surface area (Å²) < 4.78 is 41.4. The molecule has 1 N–H and O–H groups in total. The number of nitrogens with one attached hydrogen (secondary N) is 1. The highest BCUT2D eigenvalue weighted by atomic mass is 19.1. The van der Waals surface area contributed by atoms with Crippen molar-refractivity contribution in [3.63, 3.8) is 0 Å². The number of ether oxygens (including phenoxy) is 5. The zero-order valence-corrected chi connectivity index (χ0v) is 23.6. The van der Waals surface area contributed by atoms with Gasteiger partial charge in [-0.05, 0) is 69.1 Å². The van der Waals surface area contributed by atoms with Gasteiger partial charge in [0.15, 0.2) is 17.2 Å². The number of aromatic nitrogens is 1. The Balaban J connectivity index is 1.49. The standard InChI is InChI=1S/C30H37FN2O8/c1-18-23(15-20-9-11-22(31)12-10-20)25(38-16-21-7-8-21)6-4-5-24(30(36)41-18)33-29(35)27-28(40-17-39-19(2)34)26(37-3)13-14-32-27/h9-14,18,21,23-25H,4-8,15-17H2,1-3H3,(H,33,35)/t18-,23-,24-,25-/m0/s1. The summed E-state index contributed by atoms with van der Waals surface area (Å²) >= 11 is 0. The fraction of sp³-hybridized carbons (Fsp3) is 0.533. The van der Waals surface area contributed by atoms with Crippen LogP contribution in [-0.2, 0) is 30.2 Å². The Morgan fingerprint density at radius 1 is 1.12 bits per heavy atom. The summed E-state index contributed by atoms with van der Waals surface area (Å²) in [5, 5.41) is 2.74. The molecule has 2 aliphatic rings. The fourth-order valence-electron chi connectivity index (χ4n) is 4.87. The molecule has 2 heterocycles. The molecular formula is C30H37FN2O8. The number of halogens is 1. The van der Waals surface area contributed by atoms with Gasteiger partial charge in [-0.25, -0.2) is 14.2 Å². The Hall–Kier alpha value is -3.73. The molecule has 10 nitrogen and oxygen atoms in total. The van der Waals surface area contributed by atoms with Crippen LogP contribution < -0.4 is 14.8 Å². The van der Waals surface area contributed by atoms with Crippen molar-refractivity contribution in [2.45, 2.75) is 70.6 Å². The molecule has 0 spiro atoms. The summed E-state index contributed by atoms with van der Waals surface area (Å²) in [5.74, 6) is -1.51. The lowest BCUT2D eigenvalue weighted by molar-refractivity contribution is -0.155. The molecule has 1 amide bonds. The third-order valence-electron chi connectivity index (χ3n) is 7.35. The molecule has 1 saturated heterocycles. The number of amides is 1. The molecule has 1 aromatic carbocycles. The van der Waals surface area contributed by atoms with Gasteiger partial charge in [0.2, 0.25) is 6.79 Å². The third-order valence-corrected chi connectivity index (χ3v) is 7.35. The van der Waals surface area contributed by atoms with E-state index in [2.05, 4.69) is 10.3 Å². The van der Waals surface area contributed by atoms with Crippen molar-refractivity contribution in [2.75, 3.05) is 20.5 Å². The van der Waals surface area contributed by atoms with Gasteiger partial charge in [0.25, 0.3) is 5.91 Å². The molecule has 0 unspecified atom stereocenters. The van der Waals surface area contributed by atoms with Crippen LogP contribution in [0.1, 0.15) is 62.0 Å². The highest BCUT2D eigenvalue weighted by Crippen LogP contribution is 2.33. The SMILES string of the molecule is COc1ccnc(C(=O)N[C@H]2CCC[C@H](OCC3CC3)[C@@H](Cc3ccc(F)cc3)[C@H](C)OC2=O)c1OCOC(C)=O. The quantitative estimate of drug-likeness (QED) is 0.315. The summed E-state index contributed by atoms with van der Waals surface area (Å²) in [6.45, 7) is 3.27. The lowest BCUT2D eigenvalue weighted by Crippen LogP contribution is -2.44. The molecule has 11 heteroatoms. The number of cyclic esters (lactones) is 1. The van der Waals surface area contributed by atoms with E-state index < -0.39 is 36.8 Å². The first-order valence-electron chi connectivity index (χ1n) is 13.9. The van der Waals surface area contributed by atoms with Crippen molar-refractivity contribution >= 4 is 17.8 Å². The molecule has 1 aromatic heterocycles. The average Bonchev–Trinajstić information content (AvgIpc) is 3.77. The van der Waals surface area contributed by atoms with Crippen molar-refractivity contribution in [2.24, 2.45) is 11.8 Å². The first-order chi connectivity index (χ1) is 19.7. The largest absolute Gasteiger partial charge is 0.493 e. The minimum Gasteiger partial charge on any atom is -0.493 e. The maximum absolute atomic E-state index is 13.5. The van der Waals surface area contributed by atoms with Gasteiger partial charge in [-0.15, -0.1) is 0 Å². The van der Waals surface area contributed by atoms with Crippen molar-refractivity contribution in [1.29, 1.82) is 0 Å². The molecule has 0 radical (unpaired) electrons. The molecule has 1 aliphatic heterocycles. The predicted octanol–water partition coefficient (Wildman–Crippen LogP) is 4.00. The summed E-state index contributed by atoms with van der Waals surface area (Å²) in [5.41, 5.74) is 0.797. The third kappa shape index (κ3) is 8.63. The molecule has 4 atom stereocenters. The molecule has 1 saturated carbocycles. The normalized spacial score (nSPS) is 22.9. The highest BCUT2D eigenvalue weighted by Gasteiger charge is 2.36. The van der Waals surface area contributed by atoms with Crippen LogP contribution in [0, 0.1) is 17.7 Å². The second kappa shape index (κ2) is 14.2. The maximum Gasteiger partial charge on any atom is 0.328 e. The van der Waals surface area contributed by atoms with E-state index in [-0.39, 0.29) is 35.0 Å². The van der Waals surface area contributed by atoms with Crippen LogP contribution in [0.5, 0.6) is 11.5 Å². The van der Waals surface area contributed by atoms with Gasteiger partial charge in [-0.2, -0.15) is 0 Å². The van der Waals surface area contributed by atoms with Gasteiger partial charge in [-0.1, -0.05) is 12.1 Å². The van der Waals surface area contributed by atoms with E-state index in [0.29, 0.717) is 38.2 Å². The summed E-state index contributed by atoms with van der Waals surface area (Å²) in [6.07, 6.45) is 5.14.